The Morgan fingerprint density at radius 1 is 1.31 bits per heavy atom. The quantitative estimate of drug-likeness (QED) is 0.371. The molecule has 0 bridgehead atoms. The van der Waals surface area contributed by atoms with E-state index < -0.39 is 5.82 Å². The van der Waals surface area contributed by atoms with Gasteiger partial charge in [0.15, 0.2) is 12.1 Å². The van der Waals surface area contributed by atoms with Gasteiger partial charge in [0.1, 0.15) is 0 Å². The molecule has 1 aromatic rings. The van der Waals surface area contributed by atoms with Crippen LogP contribution in [0.25, 0.3) is 0 Å². The number of aldehydes is 1. The Morgan fingerprint density at radius 3 is 2.31 bits per heavy atom. The van der Waals surface area contributed by atoms with Crippen LogP contribution in [0.15, 0.2) is 12.1 Å². The van der Waals surface area contributed by atoms with Crippen LogP contribution in [0, 0.1) is 17.7 Å². The lowest BCUT2D eigenvalue weighted by Crippen LogP contribution is -1.82. The first-order chi connectivity index (χ1) is 6.15. The lowest BCUT2D eigenvalue weighted by atomic mass is 10.2. The number of halogens is 3. The Kier molecular flexibility index (Phi) is 3.30. The van der Waals surface area contributed by atoms with Gasteiger partial charge in [0.25, 0.3) is 0 Å². The van der Waals surface area contributed by atoms with Crippen molar-refractivity contribution in [2.24, 2.45) is 0 Å². The average Bonchev–Trinajstić information content (AvgIpc) is 2.10. The minimum absolute atomic E-state index is 0.109. The molecule has 0 saturated carbocycles. The summed E-state index contributed by atoms with van der Waals surface area (Å²) >= 11 is 11.0. The molecule has 0 spiro atoms. The molecule has 0 aliphatic heterocycles. The molecular formula is C9H3Cl2FO. The van der Waals surface area contributed by atoms with Crippen molar-refractivity contribution in [3.8, 4) is 11.8 Å². The van der Waals surface area contributed by atoms with Crippen LogP contribution in [0.2, 0.25) is 10.0 Å². The van der Waals surface area contributed by atoms with Crippen molar-refractivity contribution in [3.63, 3.8) is 0 Å². The first-order valence-corrected chi connectivity index (χ1v) is 4.00. The highest BCUT2D eigenvalue weighted by atomic mass is 35.5. The van der Waals surface area contributed by atoms with E-state index >= 15 is 0 Å². The highest BCUT2D eigenvalue weighted by Crippen LogP contribution is 2.24. The minimum atomic E-state index is -0.681. The van der Waals surface area contributed by atoms with Gasteiger partial charge in [-0.3, -0.25) is 4.79 Å². The second kappa shape index (κ2) is 4.27. The zero-order valence-electron chi connectivity index (χ0n) is 6.27. The smallest absolute Gasteiger partial charge is 0.193 e. The molecule has 0 aromatic heterocycles. The van der Waals surface area contributed by atoms with Crippen molar-refractivity contribution >= 4 is 29.5 Å². The second-order valence-corrected chi connectivity index (χ2v) is 2.96. The van der Waals surface area contributed by atoms with E-state index in [9.17, 15) is 9.18 Å². The summed E-state index contributed by atoms with van der Waals surface area (Å²) in [6.07, 6.45) is 0.436. The molecule has 1 nitrogen and oxygen atoms in total. The van der Waals surface area contributed by atoms with Crippen LogP contribution < -0.4 is 0 Å². The molecule has 0 N–H and O–H groups in total. The lowest BCUT2D eigenvalue weighted by Gasteiger charge is -1.97. The monoisotopic (exact) mass is 216 g/mol. The van der Waals surface area contributed by atoms with Crippen LogP contribution in [0.4, 0.5) is 4.39 Å². The first kappa shape index (κ1) is 10.0. The van der Waals surface area contributed by atoms with E-state index in [4.69, 9.17) is 23.2 Å². The lowest BCUT2D eigenvalue weighted by molar-refractivity contribution is -0.103. The fourth-order valence-electron chi connectivity index (χ4n) is 0.740. The average molecular weight is 217 g/mol. The molecule has 0 aliphatic carbocycles. The third-order valence-electron chi connectivity index (χ3n) is 1.26. The molecule has 0 heterocycles. The summed E-state index contributed by atoms with van der Waals surface area (Å²) in [6, 6.07) is 2.61. The van der Waals surface area contributed by atoms with Gasteiger partial charge in [-0.05, 0) is 18.1 Å². The number of hydrogen-bond acceptors (Lipinski definition) is 1. The third kappa shape index (κ3) is 2.45. The molecule has 1 rings (SSSR count). The molecule has 4 heteroatoms. The number of carbonyl (C=O) groups is 1. The third-order valence-corrected chi connectivity index (χ3v) is 1.81. The predicted molar refractivity (Wildman–Crippen MR) is 49.4 cm³/mol. The van der Waals surface area contributed by atoms with Crippen LogP contribution in [0.3, 0.4) is 0 Å². The van der Waals surface area contributed by atoms with Crippen molar-refractivity contribution in [1.29, 1.82) is 0 Å². The highest BCUT2D eigenvalue weighted by molar-refractivity contribution is 6.35. The number of rotatable bonds is 0. The number of carbonyl (C=O) groups excluding carboxylic acids is 1. The van der Waals surface area contributed by atoms with Crippen molar-refractivity contribution < 1.29 is 9.18 Å². The Morgan fingerprint density at radius 2 is 1.85 bits per heavy atom. The molecule has 0 fully saturated rings. The van der Waals surface area contributed by atoms with Gasteiger partial charge in [-0.25, -0.2) is 4.39 Å². The fraction of sp³-hybridized carbons (Fsp3) is 0. The molecule has 0 amide bonds. The summed E-state index contributed by atoms with van der Waals surface area (Å²) in [7, 11) is 0. The van der Waals surface area contributed by atoms with Crippen LogP contribution in [0.1, 0.15) is 5.56 Å². The van der Waals surface area contributed by atoms with Gasteiger partial charge in [-0.1, -0.05) is 29.1 Å². The van der Waals surface area contributed by atoms with Gasteiger partial charge in [0.2, 0.25) is 0 Å². The number of benzene rings is 1. The Balaban J connectivity index is 3.20. The number of hydrogen-bond donors (Lipinski definition) is 0. The minimum Gasteiger partial charge on any atom is -0.289 e. The molecular weight excluding hydrogens is 214 g/mol. The van der Waals surface area contributed by atoms with E-state index in [0.29, 0.717) is 11.8 Å². The molecule has 0 saturated heterocycles. The highest BCUT2D eigenvalue weighted by Gasteiger charge is 2.05. The van der Waals surface area contributed by atoms with Gasteiger partial charge >= 0.3 is 0 Å². The van der Waals surface area contributed by atoms with Gasteiger partial charge < -0.3 is 0 Å². The van der Waals surface area contributed by atoms with Gasteiger partial charge in [-0.15, -0.1) is 0 Å². The van der Waals surface area contributed by atoms with Gasteiger partial charge in [-0.2, -0.15) is 0 Å². The summed E-state index contributed by atoms with van der Waals surface area (Å²) < 4.78 is 12.9. The maximum atomic E-state index is 12.9. The first-order valence-electron chi connectivity index (χ1n) is 3.25. The predicted octanol–water partition coefficient (Wildman–Crippen LogP) is 2.68. The van der Waals surface area contributed by atoms with Crippen LogP contribution in [-0.4, -0.2) is 6.29 Å². The summed E-state index contributed by atoms with van der Waals surface area (Å²) in [4.78, 5) is 9.90. The topological polar surface area (TPSA) is 17.1 Å². The van der Waals surface area contributed by atoms with Gasteiger partial charge in [0, 0.05) is 5.56 Å². The normalized spacial score (nSPS) is 8.85. The molecule has 0 aliphatic rings. The fourth-order valence-corrected chi connectivity index (χ4v) is 1.23. The second-order valence-electron chi connectivity index (χ2n) is 2.14. The summed E-state index contributed by atoms with van der Waals surface area (Å²) in [5.74, 6) is 3.94. The van der Waals surface area contributed by atoms with Crippen LogP contribution in [-0.2, 0) is 4.79 Å². The van der Waals surface area contributed by atoms with E-state index in [1.807, 2.05) is 0 Å². The summed E-state index contributed by atoms with van der Waals surface area (Å²) in [5, 5.41) is -0.217. The maximum absolute atomic E-state index is 12.9. The van der Waals surface area contributed by atoms with E-state index in [2.05, 4.69) is 11.8 Å². The summed E-state index contributed by atoms with van der Waals surface area (Å²) in [6.45, 7) is 0. The zero-order valence-corrected chi connectivity index (χ0v) is 7.79. The van der Waals surface area contributed by atoms with Crippen LogP contribution in [0.5, 0.6) is 0 Å². The largest absolute Gasteiger partial charge is 0.289 e. The van der Waals surface area contributed by atoms with E-state index in [1.54, 1.807) is 0 Å². The molecule has 0 atom stereocenters. The van der Waals surface area contributed by atoms with Crippen molar-refractivity contribution in [1.82, 2.24) is 0 Å². The summed E-state index contributed by atoms with van der Waals surface area (Å²) in [5.41, 5.74) is 0.406. The zero-order chi connectivity index (χ0) is 9.84. The molecule has 66 valence electrons. The van der Waals surface area contributed by atoms with Crippen molar-refractivity contribution in [2.45, 2.75) is 0 Å². The molecule has 1 aromatic carbocycles. The van der Waals surface area contributed by atoms with Crippen molar-refractivity contribution in [2.75, 3.05) is 0 Å². The standard InChI is InChI=1S/C9H3Cl2FO/c10-7-4-6(2-1-3-13)5-8(11)9(7)12/h3-5H. The Bertz CT molecular complexity index is 381. The Labute approximate surface area is 84.5 Å². The SMILES string of the molecule is O=CC#Cc1cc(Cl)c(F)c(Cl)c1. The molecule has 0 unspecified atom stereocenters. The Hall–Kier alpha value is -1.04. The molecule has 13 heavy (non-hydrogen) atoms. The maximum Gasteiger partial charge on any atom is 0.193 e. The molecule has 0 radical (unpaired) electrons. The van der Waals surface area contributed by atoms with E-state index in [1.165, 1.54) is 12.1 Å². The van der Waals surface area contributed by atoms with E-state index in [-0.39, 0.29) is 10.0 Å². The van der Waals surface area contributed by atoms with Gasteiger partial charge in [0.05, 0.1) is 10.0 Å². The van der Waals surface area contributed by atoms with E-state index in [0.717, 1.165) is 0 Å². The van der Waals surface area contributed by atoms with Crippen LogP contribution >= 0.6 is 23.2 Å². The van der Waals surface area contributed by atoms with Crippen molar-refractivity contribution in [3.05, 3.63) is 33.6 Å².